The first-order valence-corrected chi connectivity index (χ1v) is 5.99. The van der Waals surface area contributed by atoms with Crippen LogP contribution in [0.1, 0.15) is 21.5 Å². The van der Waals surface area contributed by atoms with Crippen molar-refractivity contribution in [3.8, 4) is 5.75 Å². The molecule has 0 aliphatic heterocycles. The lowest BCUT2D eigenvalue weighted by Crippen LogP contribution is -2.09. The van der Waals surface area contributed by atoms with Crippen molar-refractivity contribution in [2.75, 3.05) is 0 Å². The Morgan fingerprint density at radius 3 is 2.44 bits per heavy atom. The van der Waals surface area contributed by atoms with Gasteiger partial charge in [0.15, 0.2) is 0 Å². The zero-order chi connectivity index (χ0) is 13.1. The Balaban J connectivity index is 2.22. The Kier molecular flexibility index (Phi) is 3.68. The van der Waals surface area contributed by atoms with Gasteiger partial charge >= 0.3 is 5.97 Å². The van der Waals surface area contributed by atoms with Crippen molar-refractivity contribution >= 4 is 17.6 Å². The van der Waals surface area contributed by atoms with Crippen LogP contribution in [0.15, 0.2) is 42.5 Å². The predicted molar refractivity (Wildman–Crippen MR) is 72.3 cm³/mol. The number of aryl methyl sites for hydroxylation is 2. The number of rotatable bonds is 2. The van der Waals surface area contributed by atoms with Gasteiger partial charge in [-0.2, -0.15) is 0 Å². The van der Waals surface area contributed by atoms with Gasteiger partial charge in [0.05, 0.1) is 10.6 Å². The van der Waals surface area contributed by atoms with Gasteiger partial charge in [-0.3, -0.25) is 0 Å². The van der Waals surface area contributed by atoms with Crippen molar-refractivity contribution in [3.63, 3.8) is 0 Å². The van der Waals surface area contributed by atoms with E-state index >= 15 is 0 Å². The first-order valence-electron chi connectivity index (χ1n) is 5.62. The Morgan fingerprint density at radius 1 is 1.06 bits per heavy atom. The highest BCUT2D eigenvalue weighted by atomic mass is 35.5. The zero-order valence-electron chi connectivity index (χ0n) is 10.2. The quantitative estimate of drug-likeness (QED) is 0.598. The third-order valence-corrected chi connectivity index (χ3v) is 3.11. The van der Waals surface area contributed by atoms with Crippen LogP contribution in [0, 0.1) is 13.8 Å². The monoisotopic (exact) mass is 260 g/mol. The van der Waals surface area contributed by atoms with E-state index in [1.165, 1.54) is 0 Å². The molecule has 2 rings (SSSR count). The van der Waals surface area contributed by atoms with Crippen LogP contribution in [-0.2, 0) is 0 Å². The number of carbonyl (C=O) groups excluding carboxylic acids is 1. The third-order valence-electron chi connectivity index (χ3n) is 2.78. The van der Waals surface area contributed by atoms with Gasteiger partial charge in [-0.1, -0.05) is 29.8 Å². The molecule has 0 bridgehead atoms. The second-order valence-corrected chi connectivity index (χ2v) is 4.52. The van der Waals surface area contributed by atoms with E-state index in [0.717, 1.165) is 11.1 Å². The fraction of sp³-hybridized carbons (Fsp3) is 0.133. The normalized spacial score (nSPS) is 10.2. The average molecular weight is 261 g/mol. The molecule has 2 nitrogen and oxygen atoms in total. The first-order chi connectivity index (χ1) is 8.58. The smallest absolute Gasteiger partial charge is 0.345 e. The van der Waals surface area contributed by atoms with E-state index in [0.29, 0.717) is 16.3 Å². The Hall–Kier alpha value is -1.80. The van der Waals surface area contributed by atoms with Gasteiger partial charge < -0.3 is 4.74 Å². The van der Waals surface area contributed by atoms with Crippen LogP contribution in [0.2, 0.25) is 5.02 Å². The standard InChI is InChI=1S/C15H13ClO2/c1-10-7-8-12(9-11(10)2)18-15(17)13-5-3-4-6-14(13)16/h3-9H,1-2H3. The second kappa shape index (κ2) is 5.23. The van der Waals surface area contributed by atoms with Crippen molar-refractivity contribution in [1.82, 2.24) is 0 Å². The molecule has 92 valence electrons. The highest BCUT2D eigenvalue weighted by molar-refractivity contribution is 6.33. The van der Waals surface area contributed by atoms with E-state index in [-0.39, 0.29) is 0 Å². The number of ether oxygens (including phenoxy) is 1. The van der Waals surface area contributed by atoms with Crippen LogP contribution >= 0.6 is 11.6 Å². The molecule has 0 unspecified atom stereocenters. The third kappa shape index (κ3) is 2.71. The van der Waals surface area contributed by atoms with E-state index in [1.54, 1.807) is 30.3 Å². The topological polar surface area (TPSA) is 26.3 Å². The number of carbonyl (C=O) groups is 1. The van der Waals surface area contributed by atoms with Crippen LogP contribution in [0.4, 0.5) is 0 Å². The lowest BCUT2D eigenvalue weighted by Gasteiger charge is -2.07. The van der Waals surface area contributed by atoms with Crippen molar-refractivity contribution in [1.29, 1.82) is 0 Å². The Morgan fingerprint density at radius 2 is 1.78 bits per heavy atom. The molecular formula is C15H13ClO2. The van der Waals surface area contributed by atoms with Gasteiger partial charge in [0.2, 0.25) is 0 Å². The molecule has 0 saturated heterocycles. The van der Waals surface area contributed by atoms with Gasteiger partial charge in [-0.15, -0.1) is 0 Å². The molecule has 0 radical (unpaired) electrons. The summed E-state index contributed by atoms with van der Waals surface area (Å²) in [6.45, 7) is 3.98. The van der Waals surface area contributed by atoms with Gasteiger partial charge in [-0.05, 0) is 49.2 Å². The highest BCUT2D eigenvalue weighted by Gasteiger charge is 2.12. The van der Waals surface area contributed by atoms with E-state index in [2.05, 4.69) is 0 Å². The molecule has 3 heteroatoms. The molecule has 0 spiro atoms. The van der Waals surface area contributed by atoms with E-state index < -0.39 is 5.97 Å². The maximum absolute atomic E-state index is 11.9. The second-order valence-electron chi connectivity index (χ2n) is 4.12. The van der Waals surface area contributed by atoms with Gasteiger partial charge in [0.1, 0.15) is 5.75 Å². The summed E-state index contributed by atoms with van der Waals surface area (Å²) in [5.41, 5.74) is 2.62. The molecule has 0 saturated carbocycles. The molecule has 0 amide bonds. The maximum atomic E-state index is 11.9. The molecule has 0 heterocycles. The molecule has 0 aliphatic rings. The van der Waals surface area contributed by atoms with Gasteiger partial charge in [-0.25, -0.2) is 4.79 Å². The Bertz CT molecular complexity index is 591. The van der Waals surface area contributed by atoms with Crippen LogP contribution in [0.25, 0.3) is 0 Å². The predicted octanol–water partition coefficient (Wildman–Crippen LogP) is 4.18. The van der Waals surface area contributed by atoms with Gasteiger partial charge in [0.25, 0.3) is 0 Å². The fourth-order valence-corrected chi connectivity index (χ4v) is 1.78. The first kappa shape index (κ1) is 12.7. The molecule has 0 aliphatic carbocycles. The van der Waals surface area contributed by atoms with Crippen LogP contribution in [-0.4, -0.2) is 5.97 Å². The minimum absolute atomic E-state index is 0.373. The summed E-state index contributed by atoms with van der Waals surface area (Å²) in [4.78, 5) is 11.9. The minimum Gasteiger partial charge on any atom is -0.423 e. The molecule has 0 aromatic heterocycles. The summed E-state index contributed by atoms with van der Waals surface area (Å²) in [5.74, 6) is 0.0897. The fourth-order valence-electron chi connectivity index (χ4n) is 1.57. The SMILES string of the molecule is Cc1ccc(OC(=O)c2ccccc2Cl)cc1C. The maximum Gasteiger partial charge on any atom is 0.345 e. The number of hydrogen-bond donors (Lipinski definition) is 0. The number of esters is 1. The minimum atomic E-state index is -0.441. The molecule has 2 aromatic carbocycles. The average Bonchev–Trinajstić information content (AvgIpc) is 2.34. The van der Waals surface area contributed by atoms with Crippen LogP contribution in [0.5, 0.6) is 5.75 Å². The van der Waals surface area contributed by atoms with Crippen molar-refractivity contribution in [2.24, 2.45) is 0 Å². The largest absolute Gasteiger partial charge is 0.423 e. The summed E-state index contributed by atoms with van der Waals surface area (Å²) in [5, 5.41) is 0.395. The van der Waals surface area contributed by atoms with Crippen molar-refractivity contribution in [2.45, 2.75) is 13.8 Å². The summed E-state index contributed by atoms with van der Waals surface area (Å²) < 4.78 is 5.29. The molecule has 0 fully saturated rings. The van der Waals surface area contributed by atoms with Crippen LogP contribution in [0.3, 0.4) is 0 Å². The summed E-state index contributed by atoms with van der Waals surface area (Å²) in [7, 11) is 0. The Labute approximate surface area is 111 Å². The molecular weight excluding hydrogens is 248 g/mol. The molecule has 0 N–H and O–H groups in total. The number of halogens is 1. The lowest BCUT2D eigenvalue weighted by molar-refractivity contribution is 0.0735. The van der Waals surface area contributed by atoms with Gasteiger partial charge in [0, 0.05) is 0 Å². The summed E-state index contributed by atoms with van der Waals surface area (Å²) >= 11 is 5.94. The van der Waals surface area contributed by atoms with E-state index in [1.807, 2.05) is 26.0 Å². The van der Waals surface area contributed by atoms with Crippen molar-refractivity contribution in [3.05, 3.63) is 64.2 Å². The molecule has 0 atom stereocenters. The van der Waals surface area contributed by atoms with Crippen molar-refractivity contribution < 1.29 is 9.53 Å². The van der Waals surface area contributed by atoms with E-state index in [4.69, 9.17) is 16.3 Å². The number of hydrogen-bond acceptors (Lipinski definition) is 2. The summed E-state index contributed by atoms with van der Waals surface area (Å²) in [6.07, 6.45) is 0. The summed E-state index contributed by atoms with van der Waals surface area (Å²) in [6, 6.07) is 12.4. The molecule has 2 aromatic rings. The van der Waals surface area contributed by atoms with Crippen LogP contribution < -0.4 is 4.74 Å². The number of benzene rings is 2. The van der Waals surface area contributed by atoms with E-state index in [9.17, 15) is 4.79 Å². The molecule has 18 heavy (non-hydrogen) atoms. The highest BCUT2D eigenvalue weighted by Crippen LogP contribution is 2.20. The zero-order valence-corrected chi connectivity index (χ0v) is 11.0. The lowest BCUT2D eigenvalue weighted by atomic mass is 10.1.